The van der Waals surface area contributed by atoms with Gasteiger partial charge in [0, 0.05) is 4.88 Å². The molecule has 0 fully saturated rings. The molecule has 1 aliphatic carbocycles. The molecule has 0 saturated heterocycles. The summed E-state index contributed by atoms with van der Waals surface area (Å²) in [6.45, 7) is 5.44. The molecule has 7 heteroatoms. The lowest BCUT2D eigenvalue weighted by Crippen LogP contribution is -2.20. The van der Waals surface area contributed by atoms with Crippen LogP contribution in [0.3, 0.4) is 0 Å². The topological polar surface area (TPSA) is 76.1 Å². The number of nitrogens with one attached hydrogen (secondary N) is 1. The van der Waals surface area contributed by atoms with E-state index in [1.165, 1.54) is 35.1 Å². The van der Waals surface area contributed by atoms with Gasteiger partial charge in [0.05, 0.1) is 21.4 Å². The van der Waals surface area contributed by atoms with Crippen LogP contribution in [-0.2, 0) is 22.7 Å². The Morgan fingerprint density at radius 2 is 2.07 bits per heavy atom. The summed E-state index contributed by atoms with van der Waals surface area (Å²) in [4.78, 5) is 18.7. The molecule has 0 bridgehead atoms. The number of carbonyl (C=O) groups is 1. The van der Waals surface area contributed by atoms with Gasteiger partial charge in [0.15, 0.2) is 15.0 Å². The number of hydrogen-bond acceptors (Lipinski definition) is 5. The van der Waals surface area contributed by atoms with E-state index in [-0.39, 0.29) is 10.5 Å². The van der Waals surface area contributed by atoms with Crippen molar-refractivity contribution in [2.75, 3.05) is 5.32 Å². The smallest absolute Gasteiger partial charge is 0.258 e. The highest BCUT2D eigenvalue weighted by Crippen LogP contribution is 2.34. The number of sulfone groups is 1. The SMILES string of the molecule is CCCC1CCc2nc(NC(=O)c3ccccc3S(=O)(=O)C(C)C)sc2C1. The molecule has 2 aromatic rings. The minimum Gasteiger partial charge on any atom is -0.298 e. The van der Waals surface area contributed by atoms with E-state index in [1.807, 2.05) is 0 Å². The normalized spacial score (nSPS) is 17.0. The highest BCUT2D eigenvalue weighted by atomic mass is 32.2. The number of fused-ring (bicyclic) bond motifs is 1. The molecule has 1 aromatic carbocycles. The first-order chi connectivity index (χ1) is 12.8. The van der Waals surface area contributed by atoms with Crippen LogP contribution < -0.4 is 5.32 Å². The lowest BCUT2D eigenvalue weighted by Gasteiger charge is -2.19. The molecule has 27 heavy (non-hydrogen) atoms. The quantitative estimate of drug-likeness (QED) is 0.767. The Kier molecular flexibility index (Phi) is 6.01. The van der Waals surface area contributed by atoms with Gasteiger partial charge in [-0.15, -0.1) is 11.3 Å². The molecule has 1 atom stereocenters. The van der Waals surface area contributed by atoms with Gasteiger partial charge >= 0.3 is 0 Å². The number of aromatic nitrogens is 1. The van der Waals surface area contributed by atoms with E-state index in [4.69, 9.17) is 0 Å². The zero-order chi connectivity index (χ0) is 19.6. The number of rotatable bonds is 6. The maximum Gasteiger partial charge on any atom is 0.258 e. The van der Waals surface area contributed by atoms with Gasteiger partial charge in [0.25, 0.3) is 5.91 Å². The van der Waals surface area contributed by atoms with Crippen LogP contribution in [0.25, 0.3) is 0 Å². The van der Waals surface area contributed by atoms with Crippen molar-refractivity contribution in [2.24, 2.45) is 5.92 Å². The molecule has 1 heterocycles. The van der Waals surface area contributed by atoms with Crippen LogP contribution in [0.15, 0.2) is 29.2 Å². The molecule has 1 aromatic heterocycles. The predicted molar refractivity (Wildman–Crippen MR) is 109 cm³/mol. The van der Waals surface area contributed by atoms with Gasteiger partial charge in [0.1, 0.15) is 0 Å². The second-order valence-electron chi connectivity index (χ2n) is 7.33. The molecule has 3 rings (SSSR count). The van der Waals surface area contributed by atoms with Gasteiger partial charge in [-0.1, -0.05) is 31.9 Å². The Morgan fingerprint density at radius 1 is 1.33 bits per heavy atom. The van der Waals surface area contributed by atoms with Crippen molar-refractivity contribution in [3.63, 3.8) is 0 Å². The van der Waals surface area contributed by atoms with E-state index in [1.54, 1.807) is 32.0 Å². The summed E-state index contributed by atoms with van der Waals surface area (Å²) >= 11 is 1.52. The van der Waals surface area contributed by atoms with Crippen LogP contribution in [0.2, 0.25) is 0 Å². The van der Waals surface area contributed by atoms with Crippen molar-refractivity contribution in [1.82, 2.24) is 4.98 Å². The third kappa shape index (κ3) is 4.24. The average Bonchev–Trinajstić information content (AvgIpc) is 3.03. The van der Waals surface area contributed by atoms with Crippen molar-refractivity contribution >= 4 is 32.2 Å². The molecule has 5 nitrogen and oxygen atoms in total. The number of anilines is 1. The molecular formula is C20H26N2O3S2. The Morgan fingerprint density at radius 3 is 2.78 bits per heavy atom. The van der Waals surface area contributed by atoms with Crippen molar-refractivity contribution in [3.8, 4) is 0 Å². The highest BCUT2D eigenvalue weighted by molar-refractivity contribution is 7.92. The molecule has 1 unspecified atom stereocenters. The molecule has 0 saturated carbocycles. The summed E-state index contributed by atoms with van der Waals surface area (Å²) < 4.78 is 25.1. The van der Waals surface area contributed by atoms with E-state index >= 15 is 0 Å². The fourth-order valence-corrected chi connectivity index (χ4v) is 5.83. The summed E-state index contributed by atoms with van der Waals surface area (Å²) in [5.41, 5.74) is 1.24. The lowest BCUT2D eigenvalue weighted by atomic mass is 9.88. The molecule has 146 valence electrons. The number of nitrogens with zero attached hydrogens (tertiary/aromatic N) is 1. The van der Waals surface area contributed by atoms with Crippen molar-refractivity contribution in [2.45, 2.75) is 63.0 Å². The number of thiazole rings is 1. The van der Waals surface area contributed by atoms with E-state index in [0.717, 1.165) is 25.0 Å². The lowest BCUT2D eigenvalue weighted by molar-refractivity contribution is 0.102. The molecule has 0 radical (unpaired) electrons. The first-order valence-electron chi connectivity index (χ1n) is 9.45. The van der Waals surface area contributed by atoms with Crippen molar-refractivity contribution < 1.29 is 13.2 Å². The van der Waals surface area contributed by atoms with Crippen LogP contribution in [0, 0.1) is 5.92 Å². The Hall–Kier alpha value is -1.73. The van der Waals surface area contributed by atoms with Crippen LogP contribution in [0.4, 0.5) is 5.13 Å². The minimum absolute atomic E-state index is 0.0711. The monoisotopic (exact) mass is 406 g/mol. The number of benzene rings is 1. The van der Waals surface area contributed by atoms with Gasteiger partial charge in [-0.05, 0) is 51.2 Å². The maximum absolute atomic E-state index is 12.8. The van der Waals surface area contributed by atoms with Crippen LogP contribution in [0.5, 0.6) is 0 Å². The fourth-order valence-electron chi connectivity index (χ4n) is 3.47. The van der Waals surface area contributed by atoms with Crippen molar-refractivity contribution in [1.29, 1.82) is 0 Å². The summed E-state index contributed by atoms with van der Waals surface area (Å²) in [5, 5.41) is 2.78. The van der Waals surface area contributed by atoms with E-state index < -0.39 is 21.0 Å². The summed E-state index contributed by atoms with van der Waals surface area (Å²) in [5.74, 6) is 0.273. The molecule has 1 amide bonds. The van der Waals surface area contributed by atoms with E-state index in [9.17, 15) is 13.2 Å². The summed E-state index contributed by atoms with van der Waals surface area (Å²) in [6.07, 6.45) is 5.52. The molecule has 0 spiro atoms. The van der Waals surface area contributed by atoms with Gasteiger partial charge < -0.3 is 0 Å². The summed E-state index contributed by atoms with van der Waals surface area (Å²) in [7, 11) is -3.54. The van der Waals surface area contributed by atoms with Crippen molar-refractivity contribution in [3.05, 3.63) is 40.4 Å². The van der Waals surface area contributed by atoms with Gasteiger partial charge in [-0.3, -0.25) is 10.1 Å². The average molecular weight is 407 g/mol. The Labute approximate surface area is 165 Å². The standard InChI is InChI=1S/C20H26N2O3S2/c1-4-7-14-10-11-16-17(12-14)26-20(21-16)22-19(23)15-8-5-6-9-18(15)27(24,25)13(2)3/h5-6,8-9,13-14H,4,7,10-12H2,1-3H3,(H,21,22,23). The van der Waals surface area contributed by atoms with Gasteiger partial charge in [-0.25, -0.2) is 13.4 Å². The Balaban J connectivity index is 1.82. The minimum atomic E-state index is -3.54. The number of aryl methyl sites for hydroxylation is 1. The van der Waals surface area contributed by atoms with E-state index in [0.29, 0.717) is 11.0 Å². The first-order valence-corrected chi connectivity index (χ1v) is 11.8. The summed E-state index contributed by atoms with van der Waals surface area (Å²) in [6, 6.07) is 6.36. The third-order valence-electron chi connectivity index (χ3n) is 5.02. The largest absolute Gasteiger partial charge is 0.298 e. The number of carbonyl (C=O) groups excluding carboxylic acids is 1. The molecule has 0 aliphatic heterocycles. The number of amides is 1. The van der Waals surface area contributed by atoms with Crippen LogP contribution in [0.1, 0.15) is 61.0 Å². The zero-order valence-electron chi connectivity index (χ0n) is 16.0. The van der Waals surface area contributed by atoms with Crippen LogP contribution >= 0.6 is 11.3 Å². The first kappa shape index (κ1) is 20.0. The zero-order valence-corrected chi connectivity index (χ0v) is 17.6. The van der Waals surface area contributed by atoms with Gasteiger partial charge in [0.2, 0.25) is 0 Å². The Bertz CT molecular complexity index is 932. The maximum atomic E-state index is 12.8. The molecule has 1 aliphatic rings. The van der Waals surface area contributed by atoms with Gasteiger partial charge in [-0.2, -0.15) is 0 Å². The molecular weight excluding hydrogens is 380 g/mol. The second-order valence-corrected chi connectivity index (χ2v) is 10.9. The fraction of sp³-hybridized carbons (Fsp3) is 0.500. The third-order valence-corrected chi connectivity index (χ3v) is 8.26. The number of hydrogen-bond donors (Lipinski definition) is 1. The second kappa shape index (κ2) is 8.10. The van der Waals surface area contributed by atoms with E-state index in [2.05, 4.69) is 17.2 Å². The predicted octanol–water partition coefficient (Wildman–Crippen LogP) is 4.48. The highest BCUT2D eigenvalue weighted by Gasteiger charge is 2.27. The molecule has 1 N–H and O–H groups in total. The van der Waals surface area contributed by atoms with Crippen LogP contribution in [-0.4, -0.2) is 24.6 Å².